The van der Waals surface area contributed by atoms with Crippen molar-refractivity contribution in [2.45, 2.75) is 19.6 Å². The van der Waals surface area contributed by atoms with Crippen molar-refractivity contribution in [1.82, 2.24) is 14.5 Å². The largest absolute Gasteiger partial charge is 0.396 e. The highest BCUT2D eigenvalue weighted by Crippen LogP contribution is 2.46. The molecular weight excluding hydrogens is 362 g/mol. The molecule has 2 aliphatic heterocycles. The van der Waals surface area contributed by atoms with E-state index in [0.717, 1.165) is 46.0 Å². The number of aliphatic hydroxyl groups excluding tert-OH is 1. The van der Waals surface area contributed by atoms with E-state index < -0.39 is 0 Å². The Hall–Kier alpha value is -3.31. The Morgan fingerprint density at radius 3 is 2.14 bits per heavy atom. The maximum atomic E-state index is 13.0. The van der Waals surface area contributed by atoms with Gasteiger partial charge in [0, 0.05) is 64.7 Å². The number of hydrogen-bond acceptors (Lipinski definition) is 2. The number of carbonyl (C=O) groups is 1. The molecule has 0 spiro atoms. The summed E-state index contributed by atoms with van der Waals surface area (Å²) in [4.78, 5) is 13.0. The van der Waals surface area contributed by atoms with E-state index >= 15 is 0 Å². The predicted molar refractivity (Wildman–Crippen MR) is 114 cm³/mol. The van der Waals surface area contributed by atoms with Crippen molar-refractivity contribution in [3.05, 3.63) is 59.7 Å². The van der Waals surface area contributed by atoms with Gasteiger partial charge in [0.25, 0.3) is 5.91 Å². The minimum Gasteiger partial charge on any atom is -0.396 e. The van der Waals surface area contributed by atoms with Gasteiger partial charge in [-0.15, -0.1) is 0 Å². The summed E-state index contributed by atoms with van der Waals surface area (Å²) >= 11 is 0. The van der Waals surface area contributed by atoms with Crippen LogP contribution in [0.5, 0.6) is 0 Å². The first-order valence-corrected chi connectivity index (χ1v) is 10.1. The first-order chi connectivity index (χ1) is 14.3. The number of amides is 1. The molecular formula is C24H19N3O2. The number of nitrogens with zero attached hydrogens (tertiary/aromatic N) is 2. The predicted octanol–water partition coefficient (Wildman–Crippen LogP) is 3.77. The van der Waals surface area contributed by atoms with Crippen LogP contribution >= 0.6 is 0 Å². The van der Waals surface area contributed by atoms with Crippen molar-refractivity contribution in [3.63, 3.8) is 0 Å². The van der Waals surface area contributed by atoms with E-state index in [2.05, 4.69) is 56.9 Å². The van der Waals surface area contributed by atoms with E-state index in [0.29, 0.717) is 6.54 Å². The van der Waals surface area contributed by atoms with Crippen LogP contribution in [0.4, 0.5) is 0 Å². The Balaban J connectivity index is 1.88. The lowest BCUT2D eigenvalue weighted by molar-refractivity contribution is 0.0967. The van der Waals surface area contributed by atoms with Gasteiger partial charge in [-0.25, -0.2) is 0 Å². The molecule has 0 saturated heterocycles. The van der Waals surface area contributed by atoms with Crippen LogP contribution in [0.25, 0.3) is 43.6 Å². The third-order valence-electron chi connectivity index (χ3n) is 6.81. The normalized spacial score (nSPS) is 18.2. The van der Waals surface area contributed by atoms with Crippen molar-refractivity contribution in [2.24, 2.45) is 5.92 Å². The van der Waals surface area contributed by atoms with Crippen LogP contribution in [0, 0.1) is 5.92 Å². The highest BCUT2D eigenvalue weighted by Gasteiger charge is 2.33. The molecule has 5 nitrogen and oxygen atoms in total. The van der Waals surface area contributed by atoms with Crippen molar-refractivity contribution in [3.8, 4) is 0 Å². The fourth-order valence-corrected chi connectivity index (χ4v) is 5.69. The molecule has 0 aliphatic carbocycles. The topological polar surface area (TPSA) is 59.2 Å². The van der Waals surface area contributed by atoms with E-state index in [1.165, 1.54) is 21.8 Å². The SMILES string of the molecule is O=C1NCc2c1c1c3ccccc3n3c1c1c2c2ccccc2n1CC(CO)C3. The molecule has 1 amide bonds. The van der Waals surface area contributed by atoms with Crippen LogP contribution in [0.15, 0.2) is 48.5 Å². The number of nitrogens with one attached hydrogen (secondary N) is 1. The van der Waals surface area contributed by atoms with E-state index in [9.17, 15) is 9.90 Å². The van der Waals surface area contributed by atoms with Gasteiger partial charge >= 0.3 is 0 Å². The van der Waals surface area contributed by atoms with E-state index in [4.69, 9.17) is 0 Å². The summed E-state index contributed by atoms with van der Waals surface area (Å²) in [6.45, 7) is 2.21. The summed E-state index contributed by atoms with van der Waals surface area (Å²) in [6, 6.07) is 16.8. The Morgan fingerprint density at radius 1 is 0.897 bits per heavy atom. The molecule has 0 saturated carbocycles. The summed E-state index contributed by atoms with van der Waals surface area (Å²) < 4.78 is 4.71. The Labute approximate surface area is 166 Å². The van der Waals surface area contributed by atoms with Crippen LogP contribution in [0.1, 0.15) is 15.9 Å². The lowest BCUT2D eigenvalue weighted by Crippen LogP contribution is -2.18. The third kappa shape index (κ3) is 1.73. The molecule has 0 bridgehead atoms. The molecule has 1 atom stereocenters. The summed E-state index contributed by atoms with van der Waals surface area (Å²) in [5.41, 5.74) is 6.57. The molecule has 7 rings (SSSR count). The van der Waals surface area contributed by atoms with E-state index in [-0.39, 0.29) is 18.4 Å². The maximum Gasteiger partial charge on any atom is 0.252 e. The summed E-state index contributed by atoms with van der Waals surface area (Å²) in [7, 11) is 0. The molecule has 29 heavy (non-hydrogen) atoms. The van der Waals surface area contributed by atoms with Gasteiger partial charge in [-0.3, -0.25) is 4.79 Å². The number of carbonyl (C=O) groups excluding carboxylic acids is 1. The second kappa shape index (κ2) is 5.19. The zero-order valence-electron chi connectivity index (χ0n) is 15.8. The smallest absolute Gasteiger partial charge is 0.252 e. The van der Waals surface area contributed by atoms with Gasteiger partial charge in [0.1, 0.15) is 0 Å². The highest BCUT2D eigenvalue weighted by atomic mass is 16.3. The Kier molecular flexibility index (Phi) is 2.79. The zero-order chi connectivity index (χ0) is 19.3. The van der Waals surface area contributed by atoms with Crippen LogP contribution in [0.3, 0.4) is 0 Å². The van der Waals surface area contributed by atoms with Gasteiger partial charge in [-0.05, 0) is 17.7 Å². The molecule has 142 valence electrons. The molecule has 4 heterocycles. The summed E-state index contributed by atoms with van der Waals surface area (Å²) in [6.07, 6.45) is 0. The van der Waals surface area contributed by atoms with Gasteiger partial charge in [0.2, 0.25) is 0 Å². The van der Waals surface area contributed by atoms with Crippen LogP contribution in [0.2, 0.25) is 0 Å². The minimum atomic E-state index is 0.0181. The van der Waals surface area contributed by atoms with E-state index in [1.807, 2.05) is 6.07 Å². The molecule has 0 radical (unpaired) electrons. The van der Waals surface area contributed by atoms with Crippen molar-refractivity contribution < 1.29 is 9.90 Å². The Morgan fingerprint density at radius 2 is 1.48 bits per heavy atom. The molecule has 1 unspecified atom stereocenters. The molecule has 5 aromatic rings. The average Bonchev–Trinajstić information content (AvgIpc) is 3.34. The van der Waals surface area contributed by atoms with Crippen molar-refractivity contribution in [2.75, 3.05) is 6.61 Å². The van der Waals surface area contributed by atoms with Crippen molar-refractivity contribution in [1.29, 1.82) is 0 Å². The third-order valence-corrected chi connectivity index (χ3v) is 6.81. The number of hydrogen-bond donors (Lipinski definition) is 2. The number of benzene rings is 3. The lowest BCUT2D eigenvalue weighted by atomic mass is 9.97. The summed E-state index contributed by atoms with van der Waals surface area (Å²) in [5.74, 6) is 0.133. The number of fused-ring (bicyclic) bond motifs is 9. The molecule has 3 aromatic carbocycles. The monoisotopic (exact) mass is 381 g/mol. The molecule has 0 fully saturated rings. The first kappa shape index (κ1) is 15.6. The van der Waals surface area contributed by atoms with Gasteiger partial charge in [0.05, 0.1) is 16.6 Å². The first-order valence-electron chi connectivity index (χ1n) is 10.1. The summed E-state index contributed by atoms with van der Waals surface area (Å²) in [5, 5.41) is 17.8. The zero-order valence-corrected chi connectivity index (χ0v) is 15.8. The van der Waals surface area contributed by atoms with Gasteiger partial charge in [-0.1, -0.05) is 36.4 Å². The van der Waals surface area contributed by atoms with Crippen LogP contribution in [-0.2, 0) is 19.6 Å². The standard InChI is InChI=1S/C24H19N3O2/c28-12-13-10-26-17-7-3-1-5-14(17)19-16-9-25-24(29)21(16)20-15-6-2-4-8-18(15)27(11-13)23(20)22(19)26/h1-8,13,28H,9-12H2,(H,25,29). The molecule has 5 heteroatoms. The average molecular weight is 381 g/mol. The second-order valence-corrected chi connectivity index (χ2v) is 8.29. The minimum absolute atomic E-state index is 0.0181. The van der Waals surface area contributed by atoms with Crippen molar-refractivity contribution >= 4 is 49.5 Å². The number of aliphatic hydroxyl groups is 1. The van der Waals surface area contributed by atoms with Gasteiger partial charge < -0.3 is 19.6 Å². The molecule has 2 aromatic heterocycles. The highest BCUT2D eigenvalue weighted by molar-refractivity contribution is 6.30. The molecule has 2 aliphatic rings. The van der Waals surface area contributed by atoms with Crippen LogP contribution < -0.4 is 5.32 Å². The van der Waals surface area contributed by atoms with Gasteiger partial charge in [0.15, 0.2) is 0 Å². The van der Waals surface area contributed by atoms with E-state index in [1.54, 1.807) is 0 Å². The van der Waals surface area contributed by atoms with Crippen LogP contribution in [-0.4, -0.2) is 26.8 Å². The lowest BCUT2D eigenvalue weighted by Gasteiger charge is -2.15. The molecule has 2 N–H and O–H groups in total. The second-order valence-electron chi connectivity index (χ2n) is 8.29. The van der Waals surface area contributed by atoms with Gasteiger partial charge in [-0.2, -0.15) is 0 Å². The fourth-order valence-electron chi connectivity index (χ4n) is 5.69. The number of aromatic nitrogens is 2. The fraction of sp³-hybridized carbons (Fsp3) is 0.208. The quantitative estimate of drug-likeness (QED) is 0.464. The number of para-hydroxylation sites is 2. The Bertz CT molecular complexity index is 1520. The number of rotatable bonds is 1. The maximum absolute atomic E-state index is 13.0.